The van der Waals surface area contributed by atoms with Crippen LogP contribution in [-0.2, 0) is 23.1 Å². The van der Waals surface area contributed by atoms with E-state index >= 15 is 0 Å². The van der Waals surface area contributed by atoms with Gasteiger partial charge in [-0.1, -0.05) is 53.3 Å². The Balaban J connectivity index is 1.61. The Morgan fingerprint density at radius 1 is 1.03 bits per heavy atom. The summed E-state index contributed by atoms with van der Waals surface area (Å²) in [5.41, 5.74) is 2.08. The van der Waals surface area contributed by atoms with Crippen molar-refractivity contribution in [3.8, 4) is 0 Å². The molecule has 1 aromatic heterocycles. The molecule has 1 heterocycles. The van der Waals surface area contributed by atoms with E-state index in [-0.39, 0.29) is 22.1 Å². The first-order chi connectivity index (χ1) is 14.3. The highest BCUT2D eigenvalue weighted by Crippen LogP contribution is 2.24. The van der Waals surface area contributed by atoms with E-state index in [2.05, 4.69) is 4.72 Å². The van der Waals surface area contributed by atoms with E-state index in [1.807, 2.05) is 18.2 Å². The van der Waals surface area contributed by atoms with Crippen LogP contribution in [0.3, 0.4) is 0 Å². The molecule has 0 bridgehead atoms. The minimum absolute atomic E-state index is 0.0321. The zero-order valence-corrected chi connectivity index (χ0v) is 17.9. The summed E-state index contributed by atoms with van der Waals surface area (Å²) in [6.45, 7) is 0.331. The van der Waals surface area contributed by atoms with Gasteiger partial charge in [0.2, 0.25) is 10.0 Å². The molecule has 0 saturated carbocycles. The minimum atomic E-state index is -3.80. The molecule has 0 spiro atoms. The fourth-order valence-electron chi connectivity index (χ4n) is 3.02. The third kappa shape index (κ3) is 4.32. The van der Waals surface area contributed by atoms with E-state index in [1.54, 1.807) is 16.7 Å². The molecule has 0 aliphatic carbocycles. The molecule has 4 aromatic rings. The molecule has 0 atom stereocenters. The van der Waals surface area contributed by atoms with Crippen LogP contribution in [0.25, 0.3) is 10.2 Å². The lowest BCUT2D eigenvalue weighted by atomic mass is 10.2. The smallest absolute Gasteiger partial charge is 0.294 e. The molecule has 0 amide bonds. The second kappa shape index (κ2) is 8.31. The second-order valence-electron chi connectivity index (χ2n) is 6.63. The maximum absolute atomic E-state index is 13.0. The summed E-state index contributed by atoms with van der Waals surface area (Å²) in [5, 5.41) is 0.563. The first-order valence-corrected chi connectivity index (χ1v) is 11.6. The second-order valence-corrected chi connectivity index (χ2v) is 9.79. The van der Waals surface area contributed by atoms with E-state index in [4.69, 9.17) is 11.6 Å². The Morgan fingerprint density at radius 3 is 2.50 bits per heavy atom. The number of benzene rings is 3. The third-order valence-electron chi connectivity index (χ3n) is 4.62. The summed E-state index contributed by atoms with van der Waals surface area (Å²) >= 11 is 7.18. The summed E-state index contributed by atoms with van der Waals surface area (Å²) in [4.78, 5) is 12.4. The third-order valence-corrected chi connectivity index (χ3v) is 7.33. The summed E-state index contributed by atoms with van der Waals surface area (Å²) in [6, 6.07) is 17.4. The van der Waals surface area contributed by atoms with Crippen molar-refractivity contribution < 1.29 is 12.8 Å². The molecule has 5 nitrogen and oxygen atoms in total. The van der Waals surface area contributed by atoms with Gasteiger partial charge in [0.05, 0.1) is 21.7 Å². The number of nitrogens with one attached hydrogen (secondary N) is 1. The molecule has 30 heavy (non-hydrogen) atoms. The van der Waals surface area contributed by atoms with Gasteiger partial charge >= 0.3 is 4.87 Å². The van der Waals surface area contributed by atoms with Crippen LogP contribution in [0.15, 0.2) is 76.4 Å². The Kier molecular flexibility index (Phi) is 5.75. The molecule has 4 rings (SSSR count). The standard InChI is InChI=1S/C21H16ClFN2O3S2/c22-18-4-2-1-3-15(18)13-25-19-10-9-17(11-20(19)29-21(25)26)30(27,28)24-12-14-5-7-16(23)8-6-14/h1-11,24H,12-13H2. The van der Waals surface area contributed by atoms with Gasteiger partial charge in [-0.2, -0.15) is 0 Å². The van der Waals surface area contributed by atoms with Gasteiger partial charge in [0.25, 0.3) is 0 Å². The van der Waals surface area contributed by atoms with Crippen LogP contribution in [0.1, 0.15) is 11.1 Å². The summed E-state index contributed by atoms with van der Waals surface area (Å²) in [7, 11) is -3.80. The van der Waals surface area contributed by atoms with Crippen molar-refractivity contribution in [3.05, 3.63) is 98.4 Å². The summed E-state index contributed by atoms with van der Waals surface area (Å²) in [6.07, 6.45) is 0. The molecular weight excluding hydrogens is 447 g/mol. The van der Waals surface area contributed by atoms with E-state index in [9.17, 15) is 17.6 Å². The first-order valence-electron chi connectivity index (χ1n) is 8.94. The zero-order valence-electron chi connectivity index (χ0n) is 15.5. The molecule has 0 saturated heterocycles. The molecule has 0 aliphatic heterocycles. The van der Waals surface area contributed by atoms with Gasteiger partial charge in [0.15, 0.2) is 0 Å². The largest absolute Gasteiger partial charge is 0.308 e. The van der Waals surface area contributed by atoms with Crippen molar-refractivity contribution in [2.75, 3.05) is 0 Å². The quantitative estimate of drug-likeness (QED) is 0.462. The maximum Gasteiger partial charge on any atom is 0.308 e. The number of thiazole rings is 1. The van der Waals surface area contributed by atoms with Crippen molar-refractivity contribution in [1.29, 1.82) is 0 Å². The monoisotopic (exact) mass is 462 g/mol. The number of nitrogens with zero attached hydrogens (tertiary/aromatic N) is 1. The van der Waals surface area contributed by atoms with Gasteiger partial charge in [-0.05, 0) is 47.5 Å². The van der Waals surface area contributed by atoms with Gasteiger partial charge in [0.1, 0.15) is 5.82 Å². The zero-order chi connectivity index (χ0) is 21.3. The number of hydrogen-bond acceptors (Lipinski definition) is 4. The summed E-state index contributed by atoms with van der Waals surface area (Å²) < 4.78 is 43.0. The van der Waals surface area contributed by atoms with Gasteiger partial charge in [0, 0.05) is 11.6 Å². The molecule has 3 aromatic carbocycles. The predicted octanol–water partition coefficient (Wildman–Crippen LogP) is 4.38. The SMILES string of the molecule is O=c1sc2cc(S(=O)(=O)NCc3ccc(F)cc3)ccc2n1Cc1ccccc1Cl. The number of halogens is 2. The molecule has 9 heteroatoms. The Labute approximate surface area is 181 Å². The molecule has 1 N–H and O–H groups in total. The lowest BCUT2D eigenvalue weighted by Crippen LogP contribution is -2.23. The Bertz CT molecular complexity index is 1380. The minimum Gasteiger partial charge on any atom is -0.294 e. The van der Waals surface area contributed by atoms with Gasteiger partial charge < -0.3 is 0 Å². The van der Waals surface area contributed by atoms with Gasteiger partial charge in [-0.25, -0.2) is 17.5 Å². The van der Waals surface area contributed by atoms with Crippen molar-refractivity contribution in [2.24, 2.45) is 0 Å². The van der Waals surface area contributed by atoms with E-state index in [0.29, 0.717) is 27.3 Å². The summed E-state index contributed by atoms with van der Waals surface area (Å²) in [5.74, 6) is -0.386. The highest BCUT2D eigenvalue weighted by atomic mass is 35.5. The van der Waals surface area contributed by atoms with Crippen LogP contribution in [-0.4, -0.2) is 13.0 Å². The van der Waals surface area contributed by atoms with Crippen molar-refractivity contribution in [3.63, 3.8) is 0 Å². The van der Waals surface area contributed by atoms with E-state index in [1.165, 1.54) is 36.4 Å². The van der Waals surface area contributed by atoms with Crippen LogP contribution in [0.4, 0.5) is 4.39 Å². The highest BCUT2D eigenvalue weighted by molar-refractivity contribution is 7.89. The van der Waals surface area contributed by atoms with Crippen LogP contribution in [0.5, 0.6) is 0 Å². The van der Waals surface area contributed by atoms with Crippen molar-refractivity contribution in [2.45, 2.75) is 18.0 Å². The average molecular weight is 463 g/mol. The molecule has 0 fully saturated rings. The topological polar surface area (TPSA) is 68.2 Å². The van der Waals surface area contributed by atoms with Crippen molar-refractivity contribution in [1.82, 2.24) is 9.29 Å². The number of hydrogen-bond donors (Lipinski definition) is 1. The first kappa shape index (κ1) is 20.7. The number of rotatable bonds is 6. The average Bonchev–Trinajstić information content (AvgIpc) is 3.04. The van der Waals surface area contributed by atoms with Crippen LogP contribution in [0.2, 0.25) is 5.02 Å². The van der Waals surface area contributed by atoms with Crippen LogP contribution < -0.4 is 9.60 Å². The fourth-order valence-corrected chi connectivity index (χ4v) is 5.27. The molecule has 0 aliphatic rings. The van der Waals surface area contributed by atoms with Crippen LogP contribution in [0, 0.1) is 5.82 Å². The molecule has 0 unspecified atom stereocenters. The molecule has 0 radical (unpaired) electrons. The van der Waals surface area contributed by atoms with Crippen LogP contribution >= 0.6 is 22.9 Å². The lowest BCUT2D eigenvalue weighted by molar-refractivity contribution is 0.581. The van der Waals surface area contributed by atoms with E-state index in [0.717, 1.165) is 16.9 Å². The number of sulfonamides is 1. The molecule has 154 valence electrons. The normalized spacial score (nSPS) is 11.8. The van der Waals surface area contributed by atoms with Crippen molar-refractivity contribution >= 4 is 43.2 Å². The predicted molar refractivity (Wildman–Crippen MR) is 117 cm³/mol. The number of fused-ring (bicyclic) bond motifs is 1. The van der Waals surface area contributed by atoms with Gasteiger partial charge in [-0.15, -0.1) is 0 Å². The highest BCUT2D eigenvalue weighted by Gasteiger charge is 2.17. The lowest BCUT2D eigenvalue weighted by Gasteiger charge is -2.08. The maximum atomic E-state index is 13.0. The fraction of sp³-hybridized carbons (Fsp3) is 0.0952. The Morgan fingerprint density at radius 2 is 1.77 bits per heavy atom. The van der Waals surface area contributed by atoms with Gasteiger partial charge in [-0.3, -0.25) is 9.36 Å². The van der Waals surface area contributed by atoms with E-state index < -0.39 is 10.0 Å². The Hall–Kier alpha value is -2.52. The molecular formula is C21H16ClFN2O3S2. The number of aromatic nitrogens is 1.